The molecule has 0 spiro atoms. The van der Waals surface area contributed by atoms with Gasteiger partial charge in [-0.05, 0) is 85.6 Å². The van der Waals surface area contributed by atoms with Crippen LogP contribution in [0.25, 0.3) is 0 Å². The van der Waals surface area contributed by atoms with Crippen LogP contribution in [0.1, 0.15) is 48.9 Å². The van der Waals surface area contributed by atoms with E-state index in [4.69, 9.17) is 9.47 Å². The Bertz CT molecular complexity index is 1920. The van der Waals surface area contributed by atoms with E-state index in [1.807, 2.05) is 55.5 Å². The summed E-state index contributed by atoms with van der Waals surface area (Å²) in [5.41, 5.74) is 3.89. The van der Waals surface area contributed by atoms with Crippen LogP contribution in [0, 0.1) is 47.5 Å². The van der Waals surface area contributed by atoms with Gasteiger partial charge in [0, 0.05) is 41.0 Å². The molecule has 6 heteroatoms. The molecule has 9 rings (SSSR count). The molecule has 52 heavy (non-hydrogen) atoms. The van der Waals surface area contributed by atoms with Gasteiger partial charge in [0.2, 0.25) is 6.23 Å². The number of hydrogen-bond acceptors (Lipinski definition) is 2. The van der Waals surface area contributed by atoms with E-state index >= 15 is 0 Å². The molecule has 6 saturated heterocycles. The summed E-state index contributed by atoms with van der Waals surface area (Å²) in [4.78, 5) is 0. The van der Waals surface area contributed by atoms with E-state index < -0.39 is 0 Å². The van der Waals surface area contributed by atoms with E-state index in [9.17, 15) is 0 Å². The molecule has 1 atom stereocenters. The number of hydrogen-bond donors (Lipinski definition) is 0. The molecule has 1 unspecified atom stereocenters. The van der Waals surface area contributed by atoms with Gasteiger partial charge in [-0.15, -0.1) is 0 Å². The zero-order valence-corrected chi connectivity index (χ0v) is 31.4. The highest BCUT2D eigenvalue weighted by Gasteiger charge is 2.53. The van der Waals surface area contributed by atoms with E-state index in [1.165, 1.54) is 54.8 Å². The van der Waals surface area contributed by atoms with Crippen LogP contribution in [0.3, 0.4) is 0 Å². The third-order valence-corrected chi connectivity index (χ3v) is 12.3. The standard InChI is InChI=1S/C46H54N4O2/c1-4-6-7-25-48-33-36-50(37-34-48,38-35-48)46(5-2)52-45-23-19-43(20-24-45)16-14-41-11-9-40(10-12-41)13-15-42-17-21-44(22-18-42)51-39-8-26-49-30-27-47(3,28-31-49)29-32-49/h9-12,17-24,46H,5,8,26-39H2,1-3H3/q+4. The summed E-state index contributed by atoms with van der Waals surface area (Å²) in [6, 6.07) is 28.0. The van der Waals surface area contributed by atoms with Crippen molar-refractivity contribution in [3.05, 3.63) is 95.1 Å². The smallest absolute Gasteiger partial charge is 0.233 e. The lowest BCUT2D eigenvalue weighted by Gasteiger charge is -2.54. The number of quaternary nitrogens is 4. The Morgan fingerprint density at radius 3 is 1.56 bits per heavy atom. The van der Waals surface area contributed by atoms with Gasteiger partial charge in [-0.1, -0.05) is 36.5 Å². The molecule has 3 aromatic carbocycles. The third kappa shape index (κ3) is 8.35. The van der Waals surface area contributed by atoms with Crippen molar-refractivity contribution in [2.24, 2.45) is 0 Å². The van der Waals surface area contributed by atoms with Crippen LogP contribution in [0.4, 0.5) is 0 Å². The average Bonchev–Trinajstić information content (AvgIpc) is 3.20. The lowest BCUT2D eigenvalue weighted by atomic mass is 10.1. The summed E-state index contributed by atoms with van der Waals surface area (Å²) in [6.07, 6.45) is 2.25. The van der Waals surface area contributed by atoms with Gasteiger partial charge in [-0.3, -0.25) is 4.48 Å². The van der Waals surface area contributed by atoms with Gasteiger partial charge in [-0.25, -0.2) is 4.48 Å². The number of nitrogens with zero attached hydrogens (tertiary/aromatic N) is 4. The van der Waals surface area contributed by atoms with Crippen molar-refractivity contribution < 1.29 is 27.4 Å². The first kappa shape index (κ1) is 35.7. The van der Waals surface area contributed by atoms with E-state index in [-0.39, 0.29) is 6.23 Å². The van der Waals surface area contributed by atoms with Gasteiger partial charge >= 0.3 is 0 Å². The Morgan fingerprint density at radius 2 is 1.08 bits per heavy atom. The second-order valence-electron chi connectivity index (χ2n) is 15.7. The van der Waals surface area contributed by atoms with Gasteiger partial charge in [0.1, 0.15) is 90.0 Å². The highest BCUT2D eigenvalue weighted by atomic mass is 16.5. The van der Waals surface area contributed by atoms with Crippen molar-refractivity contribution in [1.29, 1.82) is 0 Å². The Kier molecular flexibility index (Phi) is 10.7. The number of ether oxygens (including phenoxy) is 2. The third-order valence-electron chi connectivity index (χ3n) is 12.3. The minimum Gasteiger partial charge on any atom is -0.493 e. The van der Waals surface area contributed by atoms with Gasteiger partial charge < -0.3 is 18.4 Å². The minimum atomic E-state index is 0.154. The fourth-order valence-electron chi connectivity index (χ4n) is 8.52. The molecule has 6 fully saturated rings. The summed E-state index contributed by atoms with van der Waals surface area (Å²) in [5.74, 6) is 23.9. The van der Waals surface area contributed by atoms with E-state index in [2.05, 4.69) is 85.7 Å². The maximum atomic E-state index is 6.63. The van der Waals surface area contributed by atoms with Crippen LogP contribution < -0.4 is 9.47 Å². The molecular formula is C46H54N4O2+4. The second-order valence-corrected chi connectivity index (χ2v) is 15.7. The van der Waals surface area contributed by atoms with Crippen LogP contribution in [0.15, 0.2) is 72.8 Å². The van der Waals surface area contributed by atoms with Crippen LogP contribution in [-0.2, 0) is 0 Å². The Hall–Kier alpha value is -4.66. The van der Waals surface area contributed by atoms with Crippen LogP contribution >= 0.6 is 0 Å². The summed E-state index contributed by atoms with van der Waals surface area (Å²) < 4.78 is 17.2. The largest absolute Gasteiger partial charge is 0.493 e. The van der Waals surface area contributed by atoms with E-state index in [1.54, 1.807) is 0 Å². The molecule has 0 amide bonds. The van der Waals surface area contributed by atoms with Crippen molar-refractivity contribution in [3.8, 4) is 59.0 Å². The Balaban J connectivity index is 0.865. The number of rotatable bonds is 9. The van der Waals surface area contributed by atoms with Gasteiger partial charge in [0.25, 0.3) is 0 Å². The Labute approximate surface area is 312 Å². The van der Waals surface area contributed by atoms with Gasteiger partial charge in [-0.2, -0.15) is 0 Å². The monoisotopic (exact) mass is 694 g/mol. The molecule has 0 aliphatic carbocycles. The topological polar surface area (TPSA) is 18.5 Å². The fraction of sp³-hybridized carbons (Fsp3) is 0.435. The maximum Gasteiger partial charge on any atom is 0.233 e. The molecule has 0 N–H and O–H groups in total. The number of benzene rings is 3. The van der Waals surface area contributed by atoms with Crippen LogP contribution in [0.5, 0.6) is 11.5 Å². The fourth-order valence-corrected chi connectivity index (χ4v) is 8.52. The van der Waals surface area contributed by atoms with Crippen LogP contribution in [-0.4, -0.2) is 123 Å². The molecule has 3 aromatic rings. The molecule has 0 aromatic heterocycles. The SMILES string of the molecule is CC#CC#C[N+]12CC[N+](C(CC)Oc3ccc(C#Cc4ccc(C#Cc5ccc(OCCC[N+]67CC[N+](C)(CC6)CC7)cc5)cc4)cc3)(CC1)CC2. The summed E-state index contributed by atoms with van der Waals surface area (Å²) >= 11 is 0. The number of piperazine rings is 6. The lowest BCUT2D eigenvalue weighted by molar-refractivity contribution is -1.08. The number of likely N-dealkylation sites (N-methyl/N-ethyl adjacent to an activating group) is 1. The lowest BCUT2D eigenvalue weighted by Crippen LogP contribution is -2.76. The summed E-state index contributed by atoms with van der Waals surface area (Å²) in [7, 11) is 2.42. The van der Waals surface area contributed by atoms with Gasteiger partial charge in [0.15, 0.2) is 6.04 Å². The zero-order chi connectivity index (χ0) is 35.9. The maximum absolute atomic E-state index is 6.63. The van der Waals surface area contributed by atoms with Crippen molar-refractivity contribution in [1.82, 2.24) is 0 Å². The summed E-state index contributed by atoms with van der Waals surface area (Å²) in [6.45, 7) is 20.6. The normalized spacial score (nSPS) is 27.3. The van der Waals surface area contributed by atoms with E-state index in [0.717, 1.165) is 101 Å². The summed E-state index contributed by atoms with van der Waals surface area (Å²) in [5, 5.41) is 0. The molecule has 4 bridgehead atoms. The molecule has 0 radical (unpaired) electrons. The molecule has 6 heterocycles. The van der Waals surface area contributed by atoms with E-state index in [0.29, 0.717) is 0 Å². The first-order valence-corrected chi connectivity index (χ1v) is 19.3. The van der Waals surface area contributed by atoms with Crippen molar-refractivity contribution in [3.63, 3.8) is 0 Å². The molecule has 6 aliphatic rings. The first-order valence-electron chi connectivity index (χ1n) is 19.3. The average molecular weight is 695 g/mol. The Morgan fingerprint density at radius 1 is 0.596 bits per heavy atom. The van der Waals surface area contributed by atoms with Crippen LogP contribution in [0.2, 0.25) is 0 Å². The quantitative estimate of drug-likeness (QED) is 0.172. The molecule has 0 saturated carbocycles. The van der Waals surface area contributed by atoms with Gasteiger partial charge in [0.05, 0.1) is 20.2 Å². The van der Waals surface area contributed by atoms with Crippen molar-refractivity contribution >= 4 is 0 Å². The molecule has 266 valence electrons. The highest BCUT2D eigenvalue weighted by Crippen LogP contribution is 2.32. The predicted molar refractivity (Wildman–Crippen MR) is 208 cm³/mol. The van der Waals surface area contributed by atoms with Crippen molar-refractivity contribution in [2.75, 3.05) is 98.7 Å². The second kappa shape index (κ2) is 15.5. The molecular weight excluding hydrogens is 641 g/mol. The first-order chi connectivity index (χ1) is 25.3. The highest BCUT2D eigenvalue weighted by molar-refractivity contribution is 5.48. The minimum absolute atomic E-state index is 0.154. The zero-order valence-electron chi connectivity index (χ0n) is 31.4. The molecule has 6 aliphatic heterocycles. The predicted octanol–water partition coefficient (Wildman–Crippen LogP) is 5.31. The number of fused-ring (bicyclic) bond motifs is 6. The molecule has 6 nitrogen and oxygen atoms in total. The van der Waals surface area contributed by atoms with Crippen molar-refractivity contribution in [2.45, 2.75) is 32.9 Å².